The van der Waals surface area contributed by atoms with E-state index < -0.39 is 0 Å². The molecule has 6 nitrogen and oxygen atoms in total. The van der Waals surface area contributed by atoms with Crippen molar-refractivity contribution in [2.45, 2.75) is 46.1 Å². The fourth-order valence-electron chi connectivity index (χ4n) is 2.32. The van der Waals surface area contributed by atoms with E-state index in [1.54, 1.807) is 4.90 Å². The maximum atomic E-state index is 12.5. The Kier molecular flexibility index (Phi) is 10.4. The van der Waals surface area contributed by atoms with E-state index in [0.717, 1.165) is 6.42 Å². The summed E-state index contributed by atoms with van der Waals surface area (Å²) < 4.78 is 15.8. The highest BCUT2D eigenvalue weighted by molar-refractivity contribution is 5.78. The Morgan fingerprint density at radius 1 is 1.12 bits per heavy atom. The van der Waals surface area contributed by atoms with Gasteiger partial charge in [-0.1, -0.05) is 19.1 Å². The predicted molar refractivity (Wildman–Crippen MR) is 100 cm³/mol. The molecule has 0 heterocycles. The zero-order valence-electron chi connectivity index (χ0n) is 16.3. The molecular formula is C20H31NO5. The number of carbonyl (C=O) groups excluding carboxylic acids is 2. The van der Waals surface area contributed by atoms with Gasteiger partial charge in [-0.15, -0.1) is 0 Å². The summed E-state index contributed by atoms with van der Waals surface area (Å²) in [6.45, 7) is 7.36. The molecule has 1 aromatic rings. The van der Waals surface area contributed by atoms with Crippen LogP contribution in [-0.2, 0) is 25.5 Å². The molecule has 1 amide bonds. The van der Waals surface area contributed by atoms with Crippen molar-refractivity contribution in [1.29, 1.82) is 0 Å². The maximum absolute atomic E-state index is 12.5. The van der Waals surface area contributed by atoms with E-state index >= 15 is 0 Å². The zero-order chi connectivity index (χ0) is 19.4. The summed E-state index contributed by atoms with van der Waals surface area (Å²) in [4.78, 5) is 25.5. The van der Waals surface area contributed by atoms with Gasteiger partial charge in [0.2, 0.25) is 0 Å². The van der Waals surface area contributed by atoms with E-state index in [0.29, 0.717) is 31.9 Å². The SMILES string of the molecule is CCc1ccc(OCC(=O)N(CCCOC(C)C)CCC(=O)OC)cc1. The predicted octanol–water partition coefficient (Wildman–Crippen LogP) is 2.83. The Labute approximate surface area is 156 Å². The van der Waals surface area contributed by atoms with E-state index in [9.17, 15) is 9.59 Å². The number of nitrogens with zero attached hydrogens (tertiary/aromatic N) is 1. The van der Waals surface area contributed by atoms with Crippen molar-refractivity contribution in [3.8, 4) is 5.75 Å². The molecule has 0 atom stereocenters. The van der Waals surface area contributed by atoms with Gasteiger partial charge in [0.15, 0.2) is 6.61 Å². The van der Waals surface area contributed by atoms with Crippen LogP contribution in [0.4, 0.5) is 0 Å². The van der Waals surface area contributed by atoms with Crippen LogP contribution in [0, 0.1) is 0 Å². The van der Waals surface area contributed by atoms with Crippen molar-refractivity contribution < 1.29 is 23.8 Å². The molecule has 1 rings (SSSR count). The zero-order valence-corrected chi connectivity index (χ0v) is 16.3. The van der Waals surface area contributed by atoms with Crippen LogP contribution in [0.5, 0.6) is 5.75 Å². The number of ether oxygens (including phenoxy) is 3. The monoisotopic (exact) mass is 365 g/mol. The van der Waals surface area contributed by atoms with Crippen molar-refractivity contribution in [2.24, 2.45) is 0 Å². The van der Waals surface area contributed by atoms with Crippen LogP contribution in [0.1, 0.15) is 39.2 Å². The first-order valence-electron chi connectivity index (χ1n) is 9.14. The number of methoxy groups -OCH3 is 1. The van der Waals surface area contributed by atoms with Crippen LogP contribution in [0.2, 0.25) is 0 Å². The highest BCUT2D eigenvalue weighted by Crippen LogP contribution is 2.12. The van der Waals surface area contributed by atoms with Gasteiger partial charge in [0, 0.05) is 19.7 Å². The number of esters is 1. The number of benzene rings is 1. The second-order valence-corrected chi connectivity index (χ2v) is 6.27. The number of hydrogen-bond donors (Lipinski definition) is 0. The number of aryl methyl sites for hydroxylation is 1. The van der Waals surface area contributed by atoms with Crippen molar-refractivity contribution >= 4 is 11.9 Å². The molecule has 146 valence electrons. The smallest absolute Gasteiger partial charge is 0.307 e. The molecule has 0 radical (unpaired) electrons. The minimum Gasteiger partial charge on any atom is -0.484 e. The molecule has 0 unspecified atom stereocenters. The third kappa shape index (κ3) is 8.85. The Morgan fingerprint density at radius 2 is 1.81 bits per heavy atom. The van der Waals surface area contributed by atoms with Gasteiger partial charge in [-0.25, -0.2) is 0 Å². The molecule has 0 saturated heterocycles. The van der Waals surface area contributed by atoms with Gasteiger partial charge in [0.1, 0.15) is 5.75 Å². The molecule has 0 N–H and O–H groups in total. The number of carbonyl (C=O) groups is 2. The van der Waals surface area contributed by atoms with Crippen molar-refractivity contribution in [1.82, 2.24) is 4.90 Å². The number of amides is 1. The highest BCUT2D eigenvalue weighted by atomic mass is 16.5. The minimum atomic E-state index is -0.336. The normalized spacial score (nSPS) is 10.7. The average molecular weight is 365 g/mol. The lowest BCUT2D eigenvalue weighted by Crippen LogP contribution is -2.37. The topological polar surface area (TPSA) is 65.1 Å². The fourth-order valence-corrected chi connectivity index (χ4v) is 2.32. The first-order chi connectivity index (χ1) is 12.5. The van der Waals surface area contributed by atoms with Crippen molar-refractivity contribution in [3.05, 3.63) is 29.8 Å². The standard InChI is InChI=1S/C20H31NO5/c1-5-17-7-9-18(10-8-17)26-15-19(22)21(13-11-20(23)24-4)12-6-14-25-16(2)3/h7-10,16H,5-6,11-15H2,1-4H3. The van der Waals surface area contributed by atoms with Crippen LogP contribution in [-0.4, -0.2) is 56.3 Å². The maximum Gasteiger partial charge on any atom is 0.307 e. The Balaban J connectivity index is 2.52. The average Bonchev–Trinajstić information content (AvgIpc) is 2.65. The van der Waals surface area contributed by atoms with E-state index in [1.165, 1.54) is 12.7 Å². The lowest BCUT2D eigenvalue weighted by Gasteiger charge is -2.22. The van der Waals surface area contributed by atoms with Gasteiger partial charge in [-0.2, -0.15) is 0 Å². The number of rotatable bonds is 12. The van der Waals surface area contributed by atoms with E-state index in [1.807, 2.05) is 38.1 Å². The first-order valence-corrected chi connectivity index (χ1v) is 9.14. The van der Waals surface area contributed by atoms with E-state index in [-0.39, 0.29) is 31.0 Å². The first kappa shape index (κ1) is 22.0. The van der Waals surface area contributed by atoms with Gasteiger partial charge < -0.3 is 19.1 Å². The van der Waals surface area contributed by atoms with E-state index in [4.69, 9.17) is 9.47 Å². The van der Waals surface area contributed by atoms with Crippen LogP contribution < -0.4 is 4.74 Å². The second kappa shape index (κ2) is 12.3. The molecule has 1 aromatic carbocycles. The molecular weight excluding hydrogens is 334 g/mol. The van der Waals surface area contributed by atoms with Gasteiger partial charge >= 0.3 is 5.97 Å². The summed E-state index contributed by atoms with van der Waals surface area (Å²) in [5.74, 6) is 0.168. The highest BCUT2D eigenvalue weighted by Gasteiger charge is 2.16. The molecule has 0 spiro atoms. The van der Waals surface area contributed by atoms with Gasteiger partial charge in [0.05, 0.1) is 19.6 Å². The summed E-state index contributed by atoms with van der Waals surface area (Å²) >= 11 is 0. The molecule has 0 aliphatic heterocycles. The second-order valence-electron chi connectivity index (χ2n) is 6.27. The van der Waals surface area contributed by atoms with Crippen LogP contribution in [0.15, 0.2) is 24.3 Å². The lowest BCUT2D eigenvalue weighted by molar-refractivity contribution is -0.142. The summed E-state index contributed by atoms with van der Waals surface area (Å²) in [5.41, 5.74) is 1.22. The van der Waals surface area contributed by atoms with Crippen molar-refractivity contribution in [3.63, 3.8) is 0 Å². The molecule has 0 fully saturated rings. The van der Waals surface area contributed by atoms with Gasteiger partial charge in [-0.05, 0) is 44.4 Å². The Bertz CT molecular complexity index is 542. The van der Waals surface area contributed by atoms with E-state index in [2.05, 4.69) is 11.7 Å². The van der Waals surface area contributed by atoms with Gasteiger partial charge in [-0.3, -0.25) is 9.59 Å². The lowest BCUT2D eigenvalue weighted by atomic mass is 10.2. The summed E-state index contributed by atoms with van der Waals surface area (Å²) in [7, 11) is 1.34. The number of hydrogen-bond acceptors (Lipinski definition) is 5. The minimum absolute atomic E-state index is 0.0579. The van der Waals surface area contributed by atoms with Crippen LogP contribution >= 0.6 is 0 Å². The molecule has 26 heavy (non-hydrogen) atoms. The van der Waals surface area contributed by atoms with Crippen molar-refractivity contribution in [2.75, 3.05) is 33.4 Å². The molecule has 0 saturated carbocycles. The summed E-state index contributed by atoms with van der Waals surface area (Å²) in [6, 6.07) is 7.69. The summed E-state index contributed by atoms with van der Waals surface area (Å²) in [5, 5.41) is 0. The molecule has 0 bridgehead atoms. The Hall–Kier alpha value is -2.08. The largest absolute Gasteiger partial charge is 0.484 e. The van der Waals surface area contributed by atoms with Crippen LogP contribution in [0.3, 0.4) is 0 Å². The molecule has 6 heteroatoms. The van der Waals surface area contributed by atoms with Gasteiger partial charge in [0.25, 0.3) is 5.91 Å². The molecule has 0 aliphatic carbocycles. The quantitative estimate of drug-likeness (QED) is 0.421. The summed E-state index contributed by atoms with van der Waals surface area (Å²) in [6.07, 6.45) is 1.98. The Morgan fingerprint density at radius 3 is 2.38 bits per heavy atom. The third-order valence-electron chi connectivity index (χ3n) is 3.88. The van der Waals surface area contributed by atoms with Crippen LogP contribution in [0.25, 0.3) is 0 Å². The third-order valence-corrected chi connectivity index (χ3v) is 3.88. The molecule has 0 aliphatic rings. The molecule has 0 aromatic heterocycles. The fraction of sp³-hybridized carbons (Fsp3) is 0.600.